The van der Waals surface area contributed by atoms with Gasteiger partial charge in [-0.05, 0) is 100 Å². The first-order valence-electron chi connectivity index (χ1n) is 12.7. The Morgan fingerprint density at radius 3 is 2.62 bits per heavy atom. The van der Waals surface area contributed by atoms with Gasteiger partial charge < -0.3 is 10.6 Å². The molecule has 2 heterocycles. The highest BCUT2D eigenvalue weighted by molar-refractivity contribution is 5.89. The Balaban J connectivity index is 1.25. The SMILES string of the molecule is CC1C(=O)CC[C@]2(C)[C@@H]3CC[C@]4(C)C(CNC(=O)Nc5ccccc5)CC[C@H]4[C@@H]3CCN12. The van der Waals surface area contributed by atoms with Crippen LogP contribution in [-0.4, -0.2) is 41.4 Å². The fourth-order valence-corrected chi connectivity index (χ4v) is 8.30. The van der Waals surface area contributed by atoms with Crippen LogP contribution < -0.4 is 10.6 Å². The third-order valence-electron chi connectivity index (χ3n) is 10.1. The second kappa shape index (κ2) is 8.16. The van der Waals surface area contributed by atoms with Crippen LogP contribution in [0.25, 0.3) is 0 Å². The normalized spacial score (nSPS) is 41.3. The molecule has 2 amide bonds. The largest absolute Gasteiger partial charge is 0.338 e. The van der Waals surface area contributed by atoms with Crippen molar-refractivity contribution >= 4 is 17.5 Å². The zero-order valence-electron chi connectivity index (χ0n) is 19.9. The average Bonchev–Trinajstić information content (AvgIpc) is 3.12. The first kappa shape index (κ1) is 21.9. The number of benzene rings is 1. The number of hydrogen-bond acceptors (Lipinski definition) is 3. The summed E-state index contributed by atoms with van der Waals surface area (Å²) in [7, 11) is 0. The van der Waals surface area contributed by atoms with E-state index in [9.17, 15) is 9.59 Å². The minimum absolute atomic E-state index is 0.0895. The first-order valence-corrected chi connectivity index (χ1v) is 12.7. The van der Waals surface area contributed by atoms with Crippen molar-refractivity contribution in [2.24, 2.45) is 29.1 Å². The number of piperidine rings is 2. The number of nitrogens with zero attached hydrogens (tertiary/aromatic N) is 1. The molecule has 2 aliphatic carbocycles. The fourth-order valence-electron chi connectivity index (χ4n) is 8.30. The molecule has 0 spiro atoms. The van der Waals surface area contributed by atoms with E-state index in [0.717, 1.165) is 43.5 Å². The number of para-hydroxylation sites is 1. The molecule has 174 valence electrons. The zero-order chi connectivity index (χ0) is 22.5. The van der Waals surface area contributed by atoms with Gasteiger partial charge in [0.25, 0.3) is 0 Å². The van der Waals surface area contributed by atoms with Gasteiger partial charge in [0.15, 0.2) is 0 Å². The minimum atomic E-state index is -0.0985. The molecular formula is C27H39N3O2. The number of anilines is 1. The Hall–Kier alpha value is -1.88. The van der Waals surface area contributed by atoms with Crippen molar-refractivity contribution in [1.29, 1.82) is 0 Å². The van der Waals surface area contributed by atoms with E-state index in [1.807, 2.05) is 30.3 Å². The summed E-state index contributed by atoms with van der Waals surface area (Å²) >= 11 is 0. The number of Topliss-reactive ketones (excluding diaryl/α,β-unsaturated/α-hetero) is 1. The molecule has 2 aliphatic heterocycles. The second-order valence-electron chi connectivity index (χ2n) is 11.4. The standard InChI is InChI=1S/C27H39N3O2/c1-18-24(31)12-15-27(3)23-11-14-26(2)19(9-10-22(26)21(23)13-16-30(18)27)17-28-25(32)29-20-7-5-4-6-8-20/h4-8,18-19,21-23H,9-17H2,1-3H3,(H2,28,29,32)/t18?,19?,21-,22-,23+,26+,27+/m0/s1. The first-order chi connectivity index (χ1) is 15.3. The highest BCUT2D eigenvalue weighted by Crippen LogP contribution is 2.63. The lowest BCUT2D eigenvalue weighted by atomic mass is 9.51. The lowest BCUT2D eigenvalue weighted by Crippen LogP contribution is -2.67. The zero-order valence-corrected chi connectivity index (χ0v) is 19.9. The second-order valence-corrected chi connectivity index (χ2v) is 11.4. The number of amides is 2. The lowest BCUT2D eigenvalue weighted by molar-refractivity contribution is -0.153. The molecule has 2 N–H and O–H groups in total. The minimum Gasteiger partial charge on any atom is -0.338 e. The maximum Gasteiger partial charge on any atom is 0.319 e. The van der Waals surface area contributed by atoms with E-state index >= 15 is 0 Å². The van der Waals surface area contributed by atoms with E-state index in [4.69, 9.17) is 0 Å². The Bertz CT molecular complexity index is 873. The molecule has 2 unspecified atom stereocenters. The molecule has 32 heavy (non-hydrogen) atoms. The van der Waals surface area contributed by atoms with E-state index in [1.165, 1.54) is 32.1 Å². The van der Waals surface area contributed by atoms with Crippen molar-refractivity contribution in [3.63, 3.8) is 0 Å². The van der Waals surface area contributed by atoms with Gasteiger partial charge in [-0.1, -0.05) is 25.1 Å². The molecule has 0 aromatic heterocycles. The summed E-state index contributed by atoms with van der Waals surface area (Å²) < 4.78 is 0. The van der Waals surface area contributed by atoms with Gasteiger partial charge >= 0.3 is 6.03 Å². The number of carbonyl (C=O) groups is 2. The van der Waals surface area contributed by atoms with Gasteiger partial charge in [-0.25, -0.2) is 4.79 Å². The Morgan fingerprint density at radius 1 is 1.06 bits per heavy atom. The monoisotopic (exact) mass is 437 g/mol. The molecule has 4 aliphatic rings. The van der Waals surface area contributed by atoms with E-state index < -0.39 is 0 Å². The maximum atomic E-state index is 12.5. The van der Waals surface area contributed by atoms with Crippen molar-refractivity contribution in [2.45, 2.75) is 77.3 Å². The predicted octanol–water partition coefficient (Wildman–Crippen LogP) is 5.08. The third kappa shape index (κ3) is 3.48. The Morgan fingerprint density at radius 2 is 1.84 bits per heavy atom. The Labute approximate surface area is 192 Å². The highest BCUT2D eigenvalue weighted by Gasteiger charge is 2.60. The van der Waals surface area contributed by atoms with Gasteiger partial charge in [0.1, 0.15) is 5.78 Å². The van der Waals surface area contributed by atoms with E-state index in [-0.39, 0.29) is 17.6 Å². The van der Waals surface area contributed by atoms with Crippen LogP contribution in [0, 0.1) is 29.1 Å². The van der Waals surface area contributed by atoms with E-state index in [0.29, 0.717) is 23.0 Å². The van der Waals surface area contributed by atoms with Gasteiger partial charge in [-0.3, -0.25) is 9.69 Å². The van der Waals surface area contributed by atoms with Crippen molar-refractivity contribution in [3.05, 3.63) is 30.3 Å². The van der Waals surface area contributed by atoms with Crippen molar-refractivity contribution in [2.75, 3.05) is 18.4 Å². The maximum absolute atomic E-state index is 12.5. The smallest absolute Gasteiger partial charge is 0.319 e. The van der Waals surface area contributed by atoms with E-state index in [2.05, 4.69) is 36.3 Å². The number of urea groups is 1. The van der Waals surface area contributed by atoms with Crippen molar-refractivity contribution in [3.8, 4) is 0 Å². The molecule has 4 fully saturated rings. The van der Waals surface area contributed by atoms with Crippen LogP contribution in [0.2, 0.25) is 0 Å². The topological polar surface area (TPSA) is 61.4 Å². The number of hydrogen-bond donors (Lipinski definition) is 2. The molecule has 0 radical (unpaired) electrons. The van der Waals surface area contributed by atoms with Gasteiger partial charge in [-0.2, -0.15) is 0 Å². The predicted molar refractivity (Wildman–Crippen MR) is 127 cm³/mol. The summed E-state index contributed by atoms with van der Waals surface area (Å²) in [4.78, 5) is 27.4. The quantitative estimate of drug-likeness (QED) is 0.693. The van der Waals surface area contributed by atoms with Gasteiger partial charge in [-0.15, -0.1) is 0 Å². The lowest BCUT2D eigenvalue weighted by Gasteiger charge is -2.62. The Kier molecular flexibility index (Phi) is 5.59. The third-order valence-corrected chi connectivity index (χ3v) is 10.1. The van der Waals surface area contributed by atoms with Crippen LogP contribution in [0.4, 0.5) is 10.5 Å². The summed E-state index contributed by atoms with van der Waals surface area (Å²) in [6.45, 7) is 8.92. The average molecular weight is 438 g/mol. The van der Waals surface area contributed by atoms with Crippen LogP contribution in [0.3, 0.4) is 0 Å². The van der Waals surface area contributed by atoms with Crippen molar-refractivity contribution in [1.82, 2.24) is 10.2 Å². The number of nitrogens with one attached hydrogen (secondary N) is 2. The summed E-state index contributed by atoms with van der Waals surface area (Å²) in [5.41, 5.74) is 1.33. The number of ketones is 1. The molecule has 1 aromatic rings. The molecule has 0 bridgehead atoms. The van der Waals surface area contributed by atoms with Crippen LogP contribution >= 0.6 is 0 Å². The van der Waals surface area contributed by atoms with Crippen molar-refractivity contribution < 1.29 is 9.59 Å². The molecule has 5 heteroatoms. The van der Waals surface area contributed by atoms with Gasteiger partial charge in [0, 0.05) is 24.2 Å². The number of rotatable bonds is 3. The van der Waals surface area contributed by atoms with Crippen LogP contribution in [0.1, 0.15) is 65.7 Å². The molecular weight excluding hydrogens is 398 g/mol. The molecule has 2 saturated carbocycles. The molecule has 7 atom stereocenters. The molecule has 1 aromatic carbocycles. The molecule has 2 saturated heterocycles. The molecule has 5 rings (SSSR count). The van der Waals surface area contributed by atoms with Gasteiger partial charge in [0.05, 0.1) is 6.04 Å². The van der Waals surface area contributed by atoms with Crippen LogP contribution in [0.15, 0.2) is 30.3 Å². The summed E-state index contributed by atoms with van der Waals surface area (Å²) in [5, 5.41) is 6.13. The van der Waals surface area contributed by atoms with Crippen LogP contribution in [-0.2, 0) is 4.79 Å². The summed E-state index contributed by atoms with van der Waals surface area (Å²) in [5.74, 6) is 3.20. The number of fused-ring (bicyclic) bond motifs is 5. The summed E-state index contributed by atoms with van der Waals surface area (Å²) in [6.07, 6.45) is 8.02. The van der Waals surface area contributed by atoms with E-state index in [1.54, 1.807) is 0 Å². The number of carbonyl (C=O) groups excluding carboxylic acids is 2. The summed E-state index contributed by atoms with van der Waals surface area (Å²) in [6, 6.07) is 9.65. The fraction of sp³-hybridized carbons (Fsp3) is 0.704. The highest BCUT2D eigenvalue weighted by atomic mass is 16.2. The van der Waals surface area contributed by atoms with Crippen LogP contribution in [0.5, 0.6) is 0 Å². The molecule has 5 nitrogen and oxygen atoms in total. The van der Waals surface area contributed by atoms with Gasteiger partial charge in [0.2, 0.25) is 0 Å².